The first-order valence-electron chi connectivity index (χ1n) is 33.8. The molecule has 6 atom stereocenters. The first kappa shape index (κ1) is 85.3. The third-order valence-electron chi connectivity index (χ3n) is 16.5. The van der Waals surface area contributed by atoms with Crippen molar-refractivity contribution in [1.82, 2.24) is 5.32 Å². The minimum Gasteiger partial charge on any atom is -0.477 e. The van der Waals surface area contributed by atoms with Crippen molar-refractivity contribution in [2.24, 2.45) is 5.41 Å². The van der Waals surface area contributed by atoms with Gasteiger partial charge >= 0.3 is 47.6 Å². The van der Waals surface area contributed by atoms with Gasteiger partial charge in [0.1, 0.15) is 24.4 Å². The molecular formula is C61H119NO23S4. The summed E-state index contributed by atoms with van der Waals surface area (Å²) < 4.78 is 178. The first-order valence-corrected chi connectivity index (χ1v) is 39.2. The van der Waals surface area contributed by atoms with Crippen LogP contribution in [0.2, 0.25) is 0 Å². The zero-order chi connectivity index (χ0) is 66.3. The number of rotatable bonds is 63. The van der Waals surface area contributed by atoms with Crippen molar-refractivity contribution in [1.29, 1.82) is 0 Å². The lowest BCUT2D eigenvalue weighted by Crippen LogP contribution is -2.69. The third kappa shape index (κ3) is 46.1. The van der Waals surface area contributed by atoms with E-state index in [-0.39, 0.29) is 19.6 Å². The molecule has 0 aliphatic carbocycles. The molecule has 1 saturated heterocycles. The van der Waals surface area contributed by atoms with Gasteiger partial charge in [-0.1, -0.05) is 265 Å². The molecule has 1 aliphatic heterocycles. The van der Waals surface area contributed by atoms with Crippen LogP contribution < -0.4 is 5.32 Å². The lowest BCUT2D eigenvalue weighted by Gasteiger charge is -2.48. The van der Waals surface area contributed by atoms with Crippen LogP contribution in [0.4, 0.5) is 0 Å². The van der Waals surface area contributed by atoms with E-state index >= 15 is 0 Å². The largest absolute Gasteiger partial charge is 0.477 e. The Balaban J connectivity index is 3.15. The predicted octanol–water partition coefficient (Wildman–Crippen LogP) is 13.5. The SMILES string of the molecule is CCCCCCCCCCCCCCCCCCCCCCOCC(CC)(COCCCCCCCCCCCCCCCCCCCCCC)CO[C@]1(C(=O)O)C[C@H](OS(=O)(=O)O)[C@@H](NC(C)=O)[C@H]([C@H](OS(=O)(=O)O)[C@@H](COS(=O)(=O)O)OS(=O)(=O)O)O1. The summed E-state index contributed by atoms with van der Waals surface area (Å²) in [6.45, 7) is 5.08. The summed E-state index contributed by atoms with van der Waals surface area (Å²) >= 11 is 0. The van der Waals surface area contributed by atoms with Gasteiger partial charge in [0.2, 0.25) is 5.91 Å². The maximum Gasteiger partial charge on any atom is 0.397 e. The summed E-state index contributed by atoms with van der Waals surface area (Å²) in [5.74, 6) is -6.44. The van der Waals surface area contributed by atoms with Gasteiger partial charge in [-0.05, 0) is 19.3 Å². The van der Waals surface area contributed by atoms with Crippen LogP contribution in [0.5, 0.6) is 0 Å². The van der Waals surface area contributed by atoms with E-state index in [1.165, 1.54) is 193 Å². The molecule has 0 unspecified atom stereocenters. The van der Waals surface area contributed by atoms with Gasteiger partial charge in [-0.3, -0.25) is 23.0 Å². The Labute approximate surface area is 537 Å². The maximum atomic E-state index is 13.6. The van der Waals surface area contributed by atoms with Gasteiger partial charge in [0.15, 0.2) is 0 Å². The fraction of sp³-hybridized carbons (Fsp3) is 0.967. The van der Waals surface area contributed by atoms with Crippen molar-refractivity contribution in [3.63, 3.8) is 0 Å². The van der Waals surface area contributed by atoms with Crippen LogP contribution in [-0.4, -0.2) is 145 Å². The van der Waals surface area contributed by atoms with Crippen LogP contribution in [0.1, 0.15) is 297 Å². The van der Waals surface area contributed by atoms with Crippen molar-refractivity contribution in [2.75, 3.05) is 39.6 Å². The van der Waals surface area contributed by atoms with E-state index in [0.717, 1.165) is 58.3 Å². The molecule has 6 N–H and O–H groups in total. The molecule has 1 amide bonds. The molecule has 0 bridgehead atoms. The number of carboxylic acids is 1. The number of hydrogen-bond acceptors (Lipinski definition) is 18. The summed E-state index contributed by atoms with van der Waals surface area (Å²) in [7, 11) is -23.0. The summed E-state index contributed by atoms with van der Waals surface area (Å²) in [6, 6.07) is -2.26. The average Bonchev–Trinajstić information content (AvgIpc) is 0.813. The Hall–Kier alpha value is -1.74. The van der Waals surface area contributed by atoms with Gasteiger partial charge in [0, 0.05) is 32.0 Å². The normalized spacial score (nSPS) is 18.5. The molecule has 0 radical (unpaired) electrons. The Bertz CT molecular complexity index is 2210. The number of ether oxygens (including phenoxy) is 4. The fourth-order valence-corrected chi connectivity index (χ4v) is 13.1. The fourth-order valence-electron chi connectivity index (χ4n) is 11.3. The monoisotopic (exact) mass is 1360 g/mol. The molecule has 0 aromatic heterocycles. The minimum atomic E-state index is -5.94. The molecule has 0 saturated carbocycles. The Kier molecular flexibility index (Phi) is 47.7. The Morgan fingerprint density at radius 2 is 0.831 bits per heavy atom. The highest BCUT2D eigenvalue weighted by molar-refractivity contribution is 7.81. The number of unbranched alkanes of at least 4 members (excludes halogenated alkanes) is 38. The number of aliphatic carboxylic acids is 1. The smallest absolute Gasteiger partial charge is 0.397 e. The third-order valence-corrected chi connectivity index (χ3v) is 18.4. The van der Waals surface area contributed by atoms with Crippen molar-refractivity contribution in [3.05, 3.63) is 0 Å². The van der Waals surface area contributed by atoms with Gasteiger partial charge in [0.25, 0.3) is 5.79 Å². The van der Waals surface area contributed by atoms with Crippen molar-refractivity contribution < 1.29 is 102 Å². The van der Waals surface area contributed by atoms with E-state index in [4.69, 9.17) is 23.1 Å². The second-order valence-corrected chi connectivity index (χ2v) is 28.8. The summed E-state index contributed by atoms with van der Waals surface area (Å²) in [4.78, 5) is 26.2. The molecule has 1 heterocycles. The van der Waals surface area contributed by atoms with Gasteiger partial charge < -0.3 is 29.4 Å². The number of carbonyl (C=O) groups excluding carboxylic acids is 1. The van der Waals surface area contributed by atoms with E-state index < -0.39 is 115 Å². The Morgan fingerprint density at radius 3 is 1.11 bits per heavy atom. The second kappa shape index (κ2) is 49.8. The number of hydrogen-bond donors (Lipinski definition) is 6. The Morgan fingerprint density at radius 1 is 0.494 bits per heavy atom. The van der Waals surface area contributed by atoms with E-state index in [1.807, 2.05) is 0 Å². The first-order chi connectivity index (χ1) is 42.2. The van der Waals surface area contributed by atoms with Crippen molar-refractivity contribution >= 4 is 53.5 Å². The van der Waals surface area contributed by atoms with Crippen molar-refractivity contribution in [2.45, 2.75) is 334 Å². The van der Waals surface area contributed by atoms with Crippen molar-refractivity contribution in [3.8, 4) is 0 Å². The number of carbonyl (C=O) groups is 2. The molecule has 89 heavy (non-hydrogen) atoms. The van der Waals surface area contributed by atoms with Crippen LogP contribution in [0.3, 0.4) is 0 Å². The van der Waals surface area contributed by atoms with E-state index in [2.05, 4.69) is 31.7 Å². The predicted molar refractivity (Wildman–Crippen MR) is 341 cm³/mol. The molecule has 0 spiro atoms. The summed E-state index contributed by atoms with van der Waals surface area (Å²) in [6.07, 6.45) is 36.9. The minimum absolute atomic E-state index is 0.0772. The number of amides is 1. The standard InChI is InChI=1S/C61H119NO23S4/c1-5-8-10-12-14-16-18-20-22-24-26-28-30-32-34-36-38-40-42-44-46-78-50-60(7-3,51-79-47-45-43-41-39-37-35-33-31-29-27-25-23-21-19-17-15-13-11-9-6-2)52-80-61(59(64)65)48-54(83-87(69,70)71)56(62-53(4)63)58(82-61)57(85-89(75,76)77)55(84-88(72,73)74)49-81-86(66,67)68/h54-58H,5-52H2,1-4H3,(H,62,63)(H,64,65)(H,66,67,68)(H,69,70,71)(H,72,73,74)(H,75,76,77)/t54-,55+,56+,57+,58+,61+/m0/s1. The lowest BCUT2D eigenvalue weighted by atomic mass is 9.86. The molecule has 1 rings (SSSR count). The second-order valence-electron chi connectivity index (χ2n) is 24.6. The van der Waals surface area contributed by atoms with E-state index in [9.17, 15) is 66.6 Å². The van der Waals surface area contributed by atoms with Crippen LogP contribution in [0, 0.1) is 5.41 Å². The zero-order valence-corrected chi connectivity index (χ0v) is 57.8. The van der Waals surface area contributed by atoms with Gasteiger partial charge in [-0.25, -0.2) is 21.5 Å². The highest BCUT2D eigenvalue weighted by atomic mass is 32.3. The molecule has 530 valence electrons. The summed E-state index contributed by atoms with van der Waals surface area (Å²) in [5.41, 5.74) is -1.19. The highest BCUT2D eigenvalue weighted by Gasteiger charge is 2.60. The topological polar surface area (TPSA) is 358 Å². The average molecular weight is 1360 g/mol. The zero-order valence-electron chi connectivity index (χ0n) is 54.5. The van der Waals surface area contributed by atoms with E-state index in [1.54, 1.807) is 6.92 Å². The number of nitrogens with one attached hydrogen (secondary N) is 1. The molecule has 24 nitrogen and oxygen atoms in total. The van der Waals surface area contributed by atoms with Gasteiger partial charge in [-0.15, -0.1) is 0 Å². The molecule has 0 aromatic rings. The number of carboxylic acid groups (broad SMARTS) is 1. The van der Waals surface area contributed by atoms with Gasteiger partial charge in [-0.2, -0.15) is 33.7 Å². The molecule has 28 heteroatoms. The lowest BCUT2D eigenvalue weighted by molar-refractivity contribution is -0.315. The van der Waals surface area contributed by atoms with Gasteiger partial charge in [0.05, 0.1) is 32.5 Å². The quantitative estimate of drug-likeness (QED) is 0.0243. The van der Waals surface area contributed by atoms with Crippen LogP contribution in [0.25, 0.3) is 0 Å². The van der Waals surface area contributed by atoms with Crippen LogP contribution >= 0.6 is 0 Å². The molecule has 1 fully saturated rings. The molecule has 1 aliphatic rings. The highest BCUT2D eigenvalue weighted by Crippen LogP contribution is 2.39. The van der Waals surface area contributed by atoms with E-state index in [0.29, 0.717) is 26.1 Å². The molecular weight excluding hydrogens is 1240 g/mol. The van der Waals surface area contributed by atoms with Crippen LogP contribution in [0.15, 0.2) is 0 Å². The van der Waals surface area contributed by atoms with Crippen LogP contribution in [-0.2, 0) is 86.9 Å². The summed E-state index contributed by atoms with van der Waals surface area (Å²) in [5, 5.41) is 13.0. The maximum absolute atomic E-state index is 13.6. The molecule has 0 aromatic carbocycles.